The second kappa shape index (κ2) is 7.86. The van der Waals surface area contributed by atoms with Crippen LogP contribution in [0.25, 0.3) is 0 Å². The molecule has 2 rings (SSSR count). The first-order chi connectivity index (χ1) is 9.59. The number of ether oxygens (including phenoxy) is 1. The molecule has 0 amide bonds. The molecule has 112 valence electrons. The zero-order valence-corrected chi connectivity index (χ0v) is 13.9. The first-order valence-electron chi connectivity index (χ1n) is 7.08. The van der Waals surface area contributed by atoms with Crippen molar-refractivity contribution in [1.82, 2.24) is 5.32 Å². The zero-order valence-electron chi connectivity index (χ0n) is 11.6. The lowest BCUT2D eigenvalue weighted by Gasteiger charge is -2.18. The first-order valence-corrected chi connectivity index (χ1v) is 8.21. The third kappa shape index (κ3) is 4.25. The number of hydrogen-bond donors (Lipinski definition) is 1. The zero-order chi connectivity index (χ0) is 14.5. The van der Waals surface area contributed by atoms with E-state index in [1.807, 2.05) is 6.07 Å². The smallest absolute Gasteiger partial charge is 0.0781 e. The van der Waals surface area contributed by atoms with Crippen molar-refractivity contribution in [1.29, 1.82) is 0 Å². The topological polar surface area (TPSA) is 21.3 Å². The Morgan fingerprint density at radius 2 is 1.90 bits per heavy atom. The van der Waals surface area contributed by atoms with Crippen LogP contribution < -0.4 is 5.32 Å². The van der Waals surface area contributed by atoms with Crippen LogP contribution in [0.2, 0.25) is 15.1 Å². The van der Waals surface area contributed by atoms with Crippen molar-refractivity contribution in [2.24, 2.45) is 0 Å². The van der Waals surface area contributed by atoms with E-state index in [1.54, 1.807) is 6.07 Å². The molecule has 2 nitrogen and oxygen atoms in total. The minimum atomic E-state index is 0.115. The summed E-state index contributed by atoms with van der Waals surface area (Å²) in [5.41, 5.74) is 0.960. The fourth-order valence-corrected chi connectivity index (χ4v) is 3.25. The third-order valence-corrected chi connectivity index (χ3v) is 5.05. The van der Waals surface area contributed by atoms with Gasteiger partial charge in [0.1, 0.15) is 0 Å². The van der Waals surface area contributed by atoms with Gasteiger partial charge in [0.15, 0.2) is 0 Å². The van der Waals surface area contributed by atoms with Crippen molar-refractivity contribution in [3.63, 3.8) is 0 Å². The summed E-state index contributed by atoms with van der Waals surface area (Å²) in [5.74, 6) is 0. The van der Waals surface area contributed by atoms with Gasteiger partial charge in [-0.05, 0) is 31.4 Å². The molecule has 1 N–H and O–H groups in total. The van der Waals surface area contributed by atoms with E-state index in [0.717, 1.165) is 18.7 Å². The molecule has 1 aromatic carbocycles. The quantitative estimate of drug-likeness (QED) is 0.565. The fraction of sp³-hybridized carbons (Fsp3) is 0.600. The van der Waals surface area contributed by atoms with Gasteiger partial charge in [-0.2, -0.15) is 0 Å². The molecule has 0 saturated heterocycles. The molecule has 0 bridgehead atoms. The SMILES string of the molecule is CC(NCCOC1CCCC1)c1ccc(Cl)c(Cl)c1Cl. The second-order valence-electron chi connectivity index (χ2n) is 5.22. The summed E-state index contributed by atoms with van der Waals surface area (Å²) in [6.07, 6.45) is 5.46. The Balaban J connectivity index is 1.79. The summed E-state index contributed by atoms with van der Waals surface area (Å²) < 4.78 is 5.82. The van der Waals surface area contributed by atoms with Crippen molar-refractivity contribution in [2.75, 3.05) is 13.2 Å². The van der Waals surface area contributed by atoms with Crippen LogP contribution in [0.5, 0.6) is 0 Å². The summed E-state index contributed by atoms with van der Waals surface area (Å²) in [5, 5.41) is 4.82. The normalized spacial score (nSPS) is 17.6. The molecule has 0 aromatic heterocycles. The van der Waals surface area contributed by atoms with Crippen LogP contribution in [-0.2, 0) is 4.74 Å². The molecule has 1 aromatic rings. The van der Waals surface area contributed by atoms with Gasteiger partial charge in [0.05, 0.1) is 27.8 Å². The van der Waals surface area contributed by atoms with E-state index in [9.17, 15) is 0 Å². The van der Waals surface area contributed by atoms with Gasteiger partial charge in [0.2, 0.25) is 0 Å². The number of rotatable bonds is 6. The molecule has 1 atom stereocenters. The molecule has 0 heterocycles. The highest BCUT2D eigenvalue weighted by Crippen LogP contribution is 2.35. The van der Waals surface area contributed by atoms with Gasteiger partial charge in [-0.15, -0.1) is 0 Å². The van der Waals surface area contributed by atoms with Gasteiger partial charge in [0, 0.05) is 12.6 Å². The highest BCUT2D eigenvalue weighted by atomic mass is 35.5. The lowest BCUT2D eigenvalue weighted by molar-refractivity contribution is 0.0593. The van der Waals surface area contributed by atoms with Crippen molar-refractivity contribution in [3.8, 4) is 0 Å². The van der Waals surface area contributed by atoms with E-state index in [2.05, 4.69) is 12.2 Å². The predicted molar refractivity (Wildman–Crippen MR) is 86.1 cm³/mol. The summed E-state index contributed by atoms with van der Waals surface area (Å²) in [6.45, 7) is 3.59. The molecule has 1 unspecified atom stereocenters. The van der Waals surface area contributed by atoms with Crippen LogP contribution in [0.15, 0.2) is 12.1 Å². The van der Waals surface area contributed by atoms with Crippen molar-refractivity contribution >= 4 is 34.8 Å². The van der Waals surface area contributed by atoms with Gasteiger partial charge in [-0.1, -0.05) is 53.7 Å². The molecule has 5 heteroatoms. The average molecular weight is 337 g/mol. The van der Waals surface area contributed by atoms with Crippen LogP contribution >= 0.6 is 34.8 Å². The number of benzene rings is 1. The van der Waals surface area contributed by atoms with Gasteiger partial charge < -0.3 is 10.1 Å². The molecule has 20 heavy (non-hydrogen) atoms. The summed E-state index contributed by atoms with van der Waals surface area (Å²) in [4.78, 5) is 0. The van der Waals surface area contributed by atoms with Crippen molar-refractivity contribution < 1.29 is 4.74 Å². The van der Waals surface area contributed by atoms with Crippen LogP contribution in [0.3, 0.4) is 0 Å². The third-order valence-electron chi connectivity index (χ3n) is 3.74. The Hall–Kier alpha value is 0.01000. The Bertz CT molecular complexity index is 447. The van der Waals surface area contributed by atoms with Crippen molar-refractivity contribution in [2.45, 2.75) is 44.8 Å². The van der Waals surface area contributed by atoms with Gasteiger partial charge in [-0.25, -0.2) is 0 Å². The van der Waals surface area contributed by atoms with Gasteiger partial charge in [0.25, 0.3) is 0 Å². The molecule has 0 aliphatic heterocycles. The van der Waals surface area contributed by atoms with E-state index < -0.39 is 0 Å². The monoisotopic (exact) mass is 335 g/mol. The summed E-state index contributed by atoms with van der Waals surface area (Å²) in [6, 6.07) is 3.80. The van der Waals surface area contributed by atoms with E-state index in [4.69, 9.17) is 39.5 Å². The van der Waals surface area contributed by atoms with E-state index in [-0.39, 0.29) is 6.04 Å². The Kier molecular flexibility index (Phi) is 6.44. The average Bonchev–Trinajstić information content (AvgIpc) is 2.94. The number of nitrogens with one attached hydrogen (secondary N) is 1. The van der Waals surface area contributed by atoms with Crippen LogP contribution in [-0.4, -0.2) is 19.3 Å². The van der Waals surface area contributed by atoms with Crippen LogP contribution in [0.4, 0.5) is 0 Å². The lowest BCUT2D eigenvalue weighted by Crippen LogP contribution is -2.25. The van der Waals surface area contributed by atoms with Crippen LogP contribution in [0, 0.1) is 0 Å². The largest absolute Gasteiger partial charge is 0.377 e. The molecule has 0 radical (unpaired) electrons. The molecule has 1 saturated carbocycles. The minimum absolute atomic E-state index is 0.115. The lowest BCUT2D eigenvalue weighted by atomic mass is 10.1. The Morgan fingerprint density at radius 3 is 2.60 bits per heavy atom. The summed E-state index contributed by atoms with van der Waals surface area (Å²) >= 11 is 18.2. The molecular weight excluding hydrogens is 317 g/mol. The maximum Gasteiger partial charge on any atom is 0.0781 e. The second-order valence-corrected chi connectivity index (χ2v) is 6.38. The van der Waals surface area contributed by atoms with E-state index >= 15 is 0 Å². The molecule has 1 aliphatic carbocycles. The molecule has 1 aliphatic rings. The highest BCUT2D eigenvalue weighted by molar-refractivity contribution is 6.48. The maximum absolute atomic E-state index is 6.22. The summed E-state index contributed by atoms with van der Waals surface area (Å²) in [7, 11) is 0. The first kappa shape index (κ1) is 16.4. The van der Waals surface area contributed by atoms with Crippen LogP contribution in [0.1, 0.15) is 44.2 Å². The molecular formula is C15H20Cl3NO. The number of halogens is 3. The number of hydrogen-bond acceptors (Lipinski definition) is 2. The Labute approximate surface area is 135 Å². The van der Waals surface area contributed by atoms with E-state index in [0.29, 0.717) is 21.2 Å². The van der Waals surface area contributed by atoms with Gasteiger partial charge in [-0.3, -0.25) is 0 Å². The van der Waals surface area contributed by atoms with E-state index in [1.165, 1.54) is 25.7 Å². The standard InChI is InChI=1S/C15H20Cl3NO/c1-10(12-6-7-13(16)15(18)14(12)17)19-8-9-20-11-4-2-3-5-11/h6-7,10-11,19H,2-5,8-9H2,1H3. The molecule has 1 fully saturated rings. The minimum Gasteiger partial charge on any atom is -0.377 e. The predicted octanol–water partition coefficient (Wildman–Crippen LogP) is 5.26. The fourth-order valence-electron chi connectivity index (χ4n) is 2.54. The molecule has 0 spiro atoms. The highest BCUT2D eigenvalue weighted by Gasteiger charge is 2.16. The maximum atomic E-state index is 6.22. The Morgan fingerprint density at radius 1 is 1.20 bits per heavy atom. The van der Waals surface area contributed by atoms with Gasteiger partial charge >= 0.3 is 0 Å². The van der Waals surface area contributed by atoms with Crippen molar-refractivity contribution in [3.05, 3.63) is 32.8 Å².